The van der Waals surface area contributed by atoms with Gasteiger partial charge in [-0.3, -0.25) is 0 Å². The second-order valence-electron chi connectivity index (χ2n) is 5.31. The predicted octanol–water partition coefficient (Wildman–Crippen LogP) is 4.15. The van der Waals surface area contributed by atoms with E-state index in [1.54, 1.807) is 6.07 Å². The summed E-state index contributed by atoms with van der Waals surface area (Å²) in [7, 11) is 0. The second-order valence-corrected chi connectivity index (χ2v) is 6.17. The van der Waals surface area contributed by atoms with Gasteiger partial charge in [0.05, 0.1) is 4.47 Å². The molecule has 1 aromatic carbocycles. The van der Waals surface area contributed by atoms with E-state index in [0.29, 0.717) is 22.4 Å². The summed E-state index contributed by atoms with van der Waals surface area (Å²) in [5, 5.41) is 3.56. The fourth-order valence-electron chi connectivity index (χ4n) is 3.06. The van der Waals surface area contributed by atoms with E-state index in [0.717, 1.165) is 13.0 Å². The number of halogens is 2. The maximum atomic E-state index is 13.2. The highest BCUT2D eigenvalue weighted by molar-refractivity contribution is 9.10. The van der Waals surface area contributed by atoms with Gasteiger partial charge in [0.2, 0.25) is 0 Å². The van der Waals surface area contributed by atoms with Crippen molar-refractivity contribution in [3.8, 4) is 0 Å². The molecule has 0 radical (unpaired) electrons. The lowest BCUT2D eigenvalue weighted by Gasteiger charge is -2.21. The van der Waals surface area contributed by atoms with Gasteiger partial charge >= 0.3 is 0 Å². The smallest absolute Gasteiger partial charge is 0.137 e. The van der Waals surface area contributed by atoms with Crippen LogP contribution in [0.4, 0.5) is 4.39 Å². The van der Waals surface area contributed by atoms with Gasteiger partial charge in [-0.1, -0.05) is 19.9 Å². The van der Waals surface area contributed by atoms with E-state index in [2.05, 4.69) is 35.1 Å². The van der Waals surface area contributed by atoms with Crippen molar-refractivity contribution in [2.24, 2.45) is 11.8 Å². The van der Waals surface area contributed by atoms with Crippen LogP contribution < -0.4 is 5.32 Å². The van der Waals surface area contributed by atoms with Gasteiger partial charge in [0.1, 0.15) is 5.82 Å². The van der Waals surface area contributed by atoms with Crippen LogP contribution in [0.2, 0.25) is 0 Å². The van der Waals surface area contributed by atoms with Crippen molar-refractivity contribution >= 4 is 15.9 Å². The maximum Gasteiger partial charge on any atom is 0.137 e. The highest BCUT2D eigenvalue weighted by atomic mass is 79.9. The summed E-state index contributed by atoms with van der Waals surface area (Å²) in [6.45, 7) is 5.55. The van der Waals surface area contributed by atoms with Crippen LogP contribution in [-0.4, -0.2) is 12.6 Å². The highest BCUT2D eigenvalue weighted by Crippen LogP contribution is 2.34. The molecule has 2 rings (SSSR count). The number of nitrogens with one attached hydrogen (secondary N) is 1. The number of hydrogen-bond acceptors (Lipinski definition) is 1. The minimum atomic E-state index is -0.177. The lowest BCUT2D eigenvalue weighted by molar-refractivity contribution is 0.355. The van der Waals surface area contributed by atoms with Crippen molar-refractivity contribution in [1.29, 1.82) is 0 Å². The van der Waals surface area contributed by atoms with Crippen LogP contribution in [0.15, 0.2) is 22.7 Å². The first-order valence-electron chi connectivity index (χ1n) is 6.79. The third kappa shape index (κ3) is 3.12. The topological polar surface area (TPSA) is 12.0 Å². The molecule has 1 nitrogen and oxygen atoms in total. The highest BCUT2D eigenvalue weighted by Gasteiger charge is 2.31. The number of rotatable bonds is 4. The molecule has 0 spiro atoms. The molecule has 0 aliphatic heterocycles. The summed E-state index contributed by atoms with van der Waals surface area (Å²) < 4.78 is 13.8. The van der Waals surface area contributed by atoms with Gasteiger partial charge < -0.3 is 5.32 Å². The number of hydrogen-bond donors (Lipinski definition) is 1. The zero-order valence-electron chi connectivity index (χ0n) is 11.0. The predicted molar refractivity (Wildman–Crippen MR) is 77.2 cm³/mol. The Morgan fingerprint density at radius 2 is 2.17 bits per heavy atom. The van der Waals surface area contributed by atoms with Crippen molar-refractivity contribution in [2.75, 3.05) is 6.54 Å². The molecule has 1 N–H and O–H groups in total. The Labute approximate surface area is 117 Å². The molecule has 1 aliphatic rings. The summed E-state index contributed by atoms with van der Waals surface area (Å²) in [6, 6.07) is 6.04. The third-order valence-electron chi connectivity index (χ3n) is 4.17. The monoisotopic (exact) mass is 313 g/mol. The molecule has 1 aliphatic carbocycles. The average Bonchev–Trinajstić information content (AvgIpc) is 2.67. The van der Waals surface area contributed by atoms with Crippen LogP contribution >= 0.6 is 15.9 Å². The van der Waals surface area contributed by atoms with Crippen LogP contribution in [0, 0.1) is 17.7 Å². The maximum absolute atomic E-state index is 13.2. The molecular formula is C15H21BrFN. The Morgan fingerprint density at radius 3 is 2.83 bits per heavy atom. The SMILES string of the molecule is CCNC1CCC(Cc2ccc(F)c(Br)c2)C1C. The van der Waals surface area contributed by atoms with Gasteiger partial charge in [-0.25, -0.2) is 4.39 Å². The van der Waals surface area contributed by atoms with Crippen LogP contribution in [0.5, 0.6) is 0 Å². The molecule has 0 bridgehead atoms. The molecule has 1 aromatic rings. The van der Waals surface area contributed by atoms with E-state index in [1.165, 1.54) is 18.4 Å². The zero-order valence-corrected chi connectivity index (χ0v) is 12.6. The molecule has 0 aromatic heterocycles. The van der Waals surface area contributed by atoms with Crippen LogP contribution in [-0.2, 0) is 6.42 Å². The molecule has 1 saturated carbocycles. The minimum absolute atomic E-state index is 0.177. The van der Waals surface area contributed by atoms with Gasteiger partial charge in [0.15, 0.2) is 0 Å². The average molecular weight is 314 g/mol. The van der Waals surface area contributed by atoms with Crippen molar-refractivity contribution in [3.63, 3.8) is 0 Å². The van der Waals surface area contributed by atoms with Crippen molar-refractivity contribution in [2.45, 2.75) is 39.2 Å². The largest absolute Gasteiger partial charge is 0.314 e. The quantitative estimate of drug-likeness (QED) is 0.880. The van der Waals surface area contributed by atoms with Gasteiger partial charge in [-0.15, -0.1) is 0 Å². The Bertz CT molecular complexity index is 407. The molecule has 3 heteroatoms. The van der Waals surface area contributed by atoms with Crippen molar-refractivity contribution in [1.82, 2.24) is 5.32 Å². The first-order chi connectivity index (χ1) is 8.61. The third-order valence-corrected chi connectivity index (χ3v) is 4.78. The molecular weight excluding hydrogens is 293 g/mol. The molecule has 18 heavy (non-hydrogen) atoms. The fraction of sp³-hybridized carbons (Fsp3) is 0.600. The summed E-state index contributed by atoms with van der Waals surface area (Å²) >= 11 is 3.26. The summed E-state index contributed by atoms with van der Waals surface area (Å²) in [4.78, 5) is 0. The molecule has 100 valence electrons. The molecule has 3 atom stereocenters. The van der Waals surface area contributed by atoms with Gasteiger partial charge in [0, 0.05) is 6.04 Å². The van der Waals surface area contributed by atoms with Crippen LogP contribution in [0.25, 0.3) is 0 Å². The van der Waals surface area contributed by atoms with E-state index in [1.807, 2.05) is 12.1 Å². The van der Waals surface area contributed by atoms with Gasteiger partial charge in [-0.2, -0.15) is 0 Å². The van der Waals surface area contributed by atoms with E-state index >= 15 is 0 Å². The lowest BCUT2D eigenvalue weighted by atomic mass is 9.89. The normalized spacial score (nSPS) is 27.7. The Kier molecular flexibility index (Phi) is 4.79. The van der Waals surface area contributed by atoms with Crippen molar-refractivity contribution in [3.05, 3.63) is 34.1 Å². The van der Waals surface area contributed by atoms with E-state index in [4.69, 9.17) is 0 Å². The van der Waals surface area contributed by atoms with E-state index in [-0.39, 0.29) is 5.82 Å². The van der Waals surface area contributed by atoms with Crippen molar-refractivity contribution < 1.29 is 4.39 Å². The van der Waals surface area contributed by atoms with Crippen LogP contribution in [0.3, 0.4) is 0 Å². The minimum Gasteiger partial charge on any atom is -0.314 e. The Balaban J connectivity index is 1.99. The first-order valence-corrected chi connectivity index (χ1v) is 7.58. The van der Waals surface area contributed by atoms with E-state index in [9.17, 15) is 4.39 Å². The molecule has 3 unspecified atom stereocenters. The molecule has 0 amide bonds. The van der Waals surface area contributed by atoms with Gasteiger partial charge in [-0.05, 0) is 71.3 Å². The summed E-state index contributed by atoms with van der Waals surface area (Å²) in [6.07, 6.45) is 3.60. The Hall–Kier alpha value is -0.410. The van der Waals surface area contributed by atoms with Gasteiger partial charge in [0.25, 0.3) is 0 Å². The fourth-order valence-corrected chi connectivity index (χ4v) is 3.48. The zero-order chi connectivity index (χ0) is 13.1. The van der Waals surface area contributed by atoms with E-state index < -0.39 is 0 Å². The lowest BCUT2D eigenvalue weighted by Crippen LogP contribution is -2.32. The molecule has 1 fully saturated rings. The first kappa shape index (κ1) is 14.0. The Morgan fingerprint density at radius 1 is 1.39 bits per heavy atom. The standard InChI is InChI=1S/C15H21BrFN/c1-3-18-15-7-5-12(10(15)2)8-11-4-6-14(17)13(16)9-11/h4,6,9-10,12,15,18H,3,5,7-8H2,1-2H3. The second kappa shape index (κ2) is 6.16. The summed E-state index contributed by atoms with van der Waals surface area (Å²) in [5.41, 5.74) is 1.23. The van der Waals surface area contributed by atoms with Crippen LogP contribution in [0.1, 0.15) is 32.3 Å². The summed E-state index contributed by atoms with van der Waals surface area (Å²) in [5.74, 6) is 1.24. The molecule has 0 saturated heterocycles. The number of benzene rings is 1. The molecule has 0 heterocycles.